The topological polar surface area (TPSA) is 24.4 Å². The SMILES string of the molecule is CC1CCSC(Nc2ccc(C(C)C)cc2)=N1. The van der Waals surface area contributed by atoms with Crippen LogP contribution in [-0.2, 0) is 0 Å². The van der Waals surface area contributed by atoms with Gasteiger partial charge in [0.05, 0.1) is 6.04 Å². The zero-order chi connectivity index (χ0) is 12.3. The van der Waals surface area contributed by atoms with E-state index in [4.69, 9.17) is 0 Å². The Balaban J connectivity index is 2.04. The minimum atomic E-state index is 0.452. The number of amidine groups is 1. The van der Waals surface area contributed by atoms with Crippen LogP contribution in [0, 0.1) is 0 Å². The molecule has 1 unspecified atom stereocenters. The maximum absolute atomic E-state index is 4.60. The van der Waals surface area contributed by atoms with Gasteiger partial charge in [0.25, 0.3) is 0 Å². The van der Waals surface area contributed by atoms with Crippen molar-refractivity contribution in [2.24, 2.45) is 4.99 Å². The molecule has 0 saturated carbocycles. The molecule has 0 amide bonds. The first-order valence-corrected chi connectivity index (χ1v) is 7.21. The molecular formula is C14H20N2S. The van der Waals surface area contributed by atoms with Crippen molar-refractivity contribution in [2.45, 2.75) is 39.2 Å². The van der Waals surface area contributed by atoms with Gasteiger partial charge in [-0.3, -0.25) is 4.99 Å². The third-order valence-corrected chi connectivity index (χ3v) is 3.86. The van der Waals surface area contributed by atoms with Crippen molar-refractivity contribution < 1.29 is 0 Å². The van der Waals surface area contributed by atoms with E-state index in [0.717, 1.165) is 16.6 Å². The van der Waals surface area contributed by atoms with E-state index in [-0.39, 0.29) is 0 Å². The molecule has 1 aliphatic rings. The van der Waals surface area contributed by atoms with Crippen molar-refractivity contribution in [1.29, 1.82) is 0 Å². The molecule has 2 nitrogen and oxygen atoms in total. The van der Waals surface area contributed by atoms with Crippen LogP contribution in [0.25, 0.3) is 0 Å². The summed E-state index contributed by atoms with van der Waals surface area (Å²) in [4.78, 5) is 4.60. The molecule has 0 bridgehead atoms. The van der Waals surface area contributed by atoms with E-state index in [1.54, 1.807) is 0 Å². The van der Waals surface area contributed by atoms with Gasteiger partial charge in [0.1, 0.15) is 0 Å². The van der Waals surface area contributed by atoms with E-state index in [1.807, 2.05) is 11.8 Å². The fraction of sp³-hybridized carbons (Fsp3) is 0.500. The van der Waals surface area contributed by atoms with Crippen LogP contribution in [0.2, 0.25) is 0 Å². The normalized spacial score (nSPS) is 20.2. The number of benzene rings is 1. The lowest BCUT2D eigenvalue weighted by atomic mass is 10.0. The summed E-state index contributed by atoms with van der Waals surface area (Å²) >= 11 is 1.81. The first-order valence-electron chi connectivity index (χ1n) is 6.22. The minimum absolute atomic E-state index is 0.452. The third-order valence-electron chi connectivity index (χ3n) is 2.94. The fourth-order valence-corrected chi connectivity index (χ4v) is 2.87. The van der Waals surface area contributed by atoms with E-state index in [0.29, 0.717) is 12.0 Å². The van der Waals surface area contributed by atoms with Gasteiger partial charge in [-0.2, -0.15) is 0 Å². The molecular weight excluding hydrogens is 228 g/mol. The fourth-order valence-electron chi connectivity index (χ4n) is 1.77. The van der Waals surface area contributed by atoms with Gasteiger partial charge in [-0.25, -0.2) is 0 Å². The van der Waals surface area contributed by atoms with Gasteiger partial charge in [0.2, 0.25) is 0 Å². The number of hydrogen-bond donors (Lipinski definition) is 1. The van der Waals surface area contributed by atoms with Crippen LogP contribution in [0.15, 0.2) is 29.3 Å². The van der Waals surface area contributed by atoms with Gasteiger partial charge >= 0.3 is 0 Å². The summed E-state index contributed by atoms with van der Waals surface area (Å²) in [6, 6.07) is 9.10. The minimum Gasteiger partial charge on any atom is -0.335 e. The lowest BCUT2D eigenvalue weighted by molar-refractivity contribution is 0.720. The molecule has 0 fully saturated rings. The number of thioether (sulfide) groups is 1. The molecule has 1 heterocycles. The van der Waals surface area contributed by atoms with Gasteiger partial charge in [-0.05, 0) is 37.0 Å². The molecule has 1 atom stereocenters. The Kier molecular flexibility index (Phi) is 4.11. The second-order valence-corrected chi connectivity index (χ2v) is 5.91. The van der Waals surface area contributed by atoms with E-state index in [2.05, 4.69) is 55.3 Å². The monoisotopic (exact) mass is 248 g/mol. The van der Waals surface area contributed by atoms with Crippen LogP contribution in [-0.4, -0.2) is 17.0 Å². The largest absolute Gasteiger partial charge is 0.335 e. The lowest BCUT2D eigenvalue weighted by Crippen LogP contribution is -2.17. The predicted molar refractivity (Wildman–Crippen MR) is 78.1 cm³/mol. The molecule has 0 aliphatic carbocycles. The number of nitrogens with one attached hydrogen (secondary N) is 1. The van der Waals surface area contributed by atoms with Gasteiger partial charge < -0.3 is 5.32 Å². The summed E-state index contributed by atoms with van der Waals surface area (Å²) in [6.45, 7) is 6.60. The third kappa shape index (κ3) is 3.50. The summed E-state index contributed by atoms with van der Waals surface area (Å²) < 4.78 is 0. The van der Waals surface area contributed by atoms with Gasteiger partial charge in [0.15, 0.2) is 5.17 Å². The van der Waals surface area contributed by atoms with Crippen LogP contribution in [0.3, 0.4) is 0 Å². The van der Waals surface area contributed by atoms with Crippen molar-refractivity contribution in [3.8, 4) is 0 Å². The maximum Gasteiger partial charge on any atom is 0.161 e. The second-order valence-electron chi connectivity index (χ2n) is 4.82. The standard InChI is InChI=1S/C14H20N2S/c1-10(2)12-4-6-13(7-5-12)16-14-15-11(3)8-9-17-14/h4-7,10-11H,8-9H2,1-3H3,(H,15,16). The highest BCUT2D eigenvalue weighted by Gasteiger charge is 2.11. The van der Waals surface area contributed by atoms with E-state index in [9.17, 15) is 0 Å². The Morgan fingerprint density at radius 1 is 1.29 bits per heavy atom. The molecule has 1 aromatic rings. The quantitative estimate of drug-likeness (QED) is 0.852. The second kappa shape index (κ2) is 5.58. The lowest BCUT2D eigenvalue weighted by Gasteiger charge is -2.18. The van der Waals surface area contributed by atoms with Gasteiger partial charge in [0, 0.05) is 11.4 Å². The average Bonchev–Trinajstić information content (AvgIpc) is 2.29. The zero-order valence-electron chi connectivity index (χ0n) is 10.7. The number of aliphatic imine (C=N–C) groups is 1. The molecule has 0 aromatic heterocycles. The number of hydrogen-bond acceptors (Lipinski definition) is 3. The first kappa shape index (κ1) is 12.5. The smallest absolute Gasteiger partial charge is 0.161 e. The van der Waals surface area contributed by atoms with Crippen LogP contribution in [0.1, 0.15) is 38.7 Å². The van der Waals surface area contributed by atoms with Crippen molar-refractivity contribution in [3.05, 3.63) is 29.8 Å². The van der Waals surface area contributed by atoms with E-state index >= 15 is 0 Å². The predicted octanol–water partition coefficient (Wildman–Crippen LogP) is 4.10. The highest BCUT2D eigenvalue weighted by atomic mass is 32.2. The molecule has 1 N–H and O–H groups in total. The highest BCUT2D eigenvalue weighted by Crippen LogP contribution is 2.21. The number of nitrogens with zero attached hydrogens (tertiary/aromatic N) is 1. The Bertz CT molecular complexity index is 395. The van der Waals surface area contributed by atoms with Crippen molar-refractivity contribution in [1.82, 2.24) is 0 Å². The van der Waals surface area contributed by atoms with Crippen LogP contribution >= 0.6 is 11.8 Å². The van der Waals surface area contributed by atoms with Crippen molar-refractivity contribution in [3.63, 3.8) is 0 Å². The molecule has 17 heavy (non-hydrogen) atoms. The van der Waals surface area contributed by atoms with Crippen LogP contribution < -0.4 is 5.32 Å². The summed E-state index contributed by atoms with van der Waals surface area (Å²) in [5, 5.41) is 4.45. The maximum atomic E-state index is 4.60. The first-order chi connectivity index (χ1) is 8.15. The Hall–Kier alpha value is -0.960. The molecule has 0 spiro atoms. The Morgan fingerprint density at radius 2 is 2.00 bits per heavy atom. The Morgan fingerprint density at radius 3 is 2.59 bits per heavy atom. The number of rotatable bonds is 2. The molecule has 1 aliphatic heterocycles. The molecule has 0 radical (unpaired) electrons. The van der Waals surface area contributed by atoms with Gasteiger partial charge in [-0.15, -0.1) is 0 Å². The summed E-state index contributed by atoms with van der Waals surface area (Å²) in [5.41, 5.74) is 2.51. The van der Waals surface area contributed by atoms with Crippen LogP contribution in [0.5, 0.6) is 0 Å². The zero-order valence-corrected chi connectivity index (χ0v) is 11.6. The number of anilines is 1. The highest BCUT2D eigenvalue weighted by molar-refractivity contribution is 8.14. The van der Waals surface area contributed by atoms with Crippen molar-refractivity contribution >= 4 is 22.6 Å². The van der Waals surface area contributed by atoms with Crippen molar-refractivity contribution in [2.75, 3.05) is 11.1 Å². The van der Waals surface area contributed by atoms with Gasteiger partial charge in [-0.1, -0.05) is 37.7 Å². The summed E-state index contributed by atoms with van der Waals surface area (Å²) in [6.07, 6.45) is 1.18. The average molecular weight is 248 g/mol. The summed E-state index contributed by atoms with van der Waals surface area (Å²) in [7, 11) is 0. The Labute approximate surface area is 108 Å². The van der Waals surface area contributed by atoms with E-state index in [1.165, 1.54) is 12.0 Å². The summed E-state index contributed by atoms with van der Waals surface area (Å²) in [5.74, 6) is 1.75. The molecule has 3 heteroatoms. The molecule has 0 saturated heterocycles. The molecule has 1 aromatic carbocycles. The molecule has 92 valence electrons. The van der Waals surface area contributed by atoms with E-state index < -0.39 is 0 Å². The van der Waals surface area contributed by atoms with Crippen LogP contribution in [0.4, 0.5) is 5.69 Å². The molecule has 2 rings (SSSR count).